The zero-order chi connectivity index (χ0) is 7.84. The maximum absolute atomic E-state index is 5.60. The van der Waals surface area contributed by atoms with Crippen LogP contribution in [0.1, 0.15) is 0 Å². The number of nitrogens with one attached hydrogen (secondary N) is 1. The summed E-state index contributed by atoms with van der Waals surface area (Å²) in [6.45, 7) is 0. The average molecular weight is 187 g/mol. The second-order valence-electron chi connectivity index (χ2n) is 2.04. The van der Waals surface area contributed by atoms with Gasteiger partial charge in [0.25, 0.3) is 0 Å². The first-order chi connectivity index (χ1) is 5.27. The van der Waals surface area contributed by atoms with Crippen molar-refractivity contribution in [1.82, 2.24) is 5.32 Å². The van der Waals surface area contributed by atoms with Crippen LogP contribution in [0.15, 0.2) is 15.0 Å². The van der Waals surface area contributed by atoms with E-state index in [0.717, 1.165) is 0 Å². The summed E-state index contributed by atoms with van der Waals surface area (Å²) in [5.74, 6) is 0.662. The van der Waals surface area contributed by atoms with E-state index >= 15 is 0 Å². The SMILES string of the molecule is S=C1N=CN=C2NC(Cl)=NC12. The third-order valence-electron chi connectivity index (χ3n) is 1.35. The lowest BCUT2D eigenvalue weighted by molar-refractivity contribution is 1.15. The molecule has 0 aromatic heterocycles. The van der Waals surface area contributed by atoms with Gasteiger partial charge in [0.1, 0.15) is 17.2 Å². The van der Waals surface area contributed by atoms with Crippen molar-refractivity contribution in [2.75, 3.05) is 0 Å². The van der Waals surface area contributed by atoms with E-state index in [1.54, 1.807) is 0 Å². The van der Waals surface area contributed by atoms with Gasteiger partial charge in [-0.1, -0.05) is 12.2 Å². The Morgan fingerprint density at radius 2 is 2.45 bits per heavy atom. The quantitative estimate of drug-likeness (QED) is 0.438. The summed E-state index contributed by atoms with van der Waals surface area (Å²) in [4.78, 5) is 12.2. The monoisotopic (exact) mass is 186 g/mol. The highest BCUT2D eigenvalue weighted by molar-refractivity contribution is 7.80. The van der Waals surface area contributed by atoms with Gasteiger partial charge in [0.05, 0.1) is 0 Å². The molecule has 0 radical (unpaired) electrons. The van der Waals surface area contributed by atoms with Crippen LogP contribution in [0.5, 0.6) is 0 Å². The van der Waals surface area contributed by atoms with E-state index in [4.69, 9.17) is 23.8 Å². The molecule has 2 aliphatic rings. The van der Waals surface area contributed by atoms with Crippen molar-refractivity contribution in [2.24, 2.45) is 15.0 Å². The topological polar surface area (TPSA) is 49.1 Å². The molecule has 0 aromatic carbocycles. The van der Waals surface area contributed by atoms with E-state index < -0.39 is 0 Å². The zero-order valence-electron chi connectivity index (χ0n) is 5.28. The van der Waals surface area contributed by atoms with Crippen LogP contribution < -0.4 is 5.32 Å². The lowest BCUT2D eigenvalue weighted by atomic mass is 10.3. The van der Waals surface area contributed by atoms with Crippen molar-refractivity contribution >= 4 is 46.3 Å². The van der Waals surface area contributed by atoms with Gasteiger partial charge in [0.2, 0.25) is 0 Å². The first-order valence-corrected chi connectivity index (χ1v) is 3.70. The molecule has 1 unspecified atom stereocenters. The number of rotatable bonds is 0. The number of nitrogens with zero attached hydrogens (tertiary/aromatic N) is 3. The van der Waals surface area contributed by atoms with Crippen LogP contribution in [-0.4, -0.2) is 28.5 Å². The lowest BCUT2D eigenvalue weighted by Crippen LogP contribution is -2.33. The number of aliphatic imine (C=N–C) groups is 3. The van der Waals surface area contributed by atoms with Crippen molar-refractivity contribution < 1.29 is 0 Å². The molecule has 0 aliphatic carbocycles. The lowest BCUT2D eigenvalue weighted by Gasteiger charge is -2.07. The fourth-order valence-corrected chi connectivity index (χ4v) is 1.28. The van der Waals surface area contributed by atoms with E-state index in [1.807, 2.05) is 0 Å². The largest absolute Gasteiger partial charge is 0.317 e. The highest BCUT2D eigenvalue weighted by Gasteiger charge is 2.28. The minimum absolute atomic E-state index is 0.262. The molecule has 1 N–H and O–H groups in total. The smallest absolute Gasteiger partial charge is 0.197 e. The molecule has 11 heavy (non-hydrogen) atoms. The van der Waals surface area contributed by atoms with Gasteiger partial charge in [-0.3, -0.25) is 0 Å². The Bertz CT molecular complexity index is 306. The van der Waals surface area contributed by atoms with Gasteiger partial charge in [0.15, 0.2) is 11.3 Å². The standard InChI is InChI=1S/C5H3ClN4S/c6-5-9-2-3(10-5)7-1-8-4(2)11/h1-2H,(H,7,8,9,10,11). The molecule has 2 rings (SSSR count). The van der Waals surface area contributed by atoms with E-state index in [0.29, 0.717) is 16.1 Å². The molecule has 0 fully saturated rings. The maximum Gasteiger partial charge on any atom is 0.197 e. The molecule has 2 heterocycles. The number of fused-ring (bicyclic) bond motifs is 1. The summed E-state index contributed by atoms with van der Waals surface area (Å²) in [6, 6.07) is -0.262. The molecule has 0 amide bonds. The molecule has 56 valence electrons. The van der Waals surface area contributed by atoms with Crippen molar-refractivity contribution in [2.45, 2.75) is 6.04 Å². The van der Waals surface area contributed by atoms with Gasteiger partial charge >= 0.3 is 0 Å². The Kier molecular flexibility index (Phi) is 1.47. The van der Waals surface area contributed by atoms with Crippen molar-refractivity contribution in [3.05, 3.63) is 0 Å². The maximum atomic E-state index is 5.60. The van der Waals surface area contributed by atoms with Gasteiger partial charge in [-0.25, -0.2) is 15.0 Å². The highest BCUT2D eigenvalue weighted by Crippen LogP contribution is 2.10. The Hall–Kier alpha value is -0.810. The van der Waals surface area contributed by atoms with Crippen LogP contribution in [0.2, 0.25) is 0 Å². The van der Waals surface area contributed by atoms with Gasteiger partial charge in [-0.15, -0.1) is 0 Å². The Labute approximate surface area is 73.1 Å². The van der Waals surface area contributed by atoms with Gasteiger partial charge in [-0.2, -0.15) is 0 Å². The predicted octanol–water partition coefficient (Wildman–Crippen LogP) is 0.321. The van der Waals surface area contributed by atoms with Crippen LogP contribution in [0.4, 0.5) is 0 Å². The molecule has 6 heteroatoms. The zero-order valence-corrected chi connectivity index (χ0v) is 6.85. The van der Waals surface area contributed by atoms with Crippen molar-refractivity contribution in [3.63, 3.8) is 0 Å². The van der Waals surface area contributed by atoms with Gasteiger partial charge < -0.3 is 5.32 Å². The summed E-state index contributed by atoms with van der Waals surface area (Å²) in [5.41, 5.74) is 0. The highest BCUT2D eigenvalue weighted by atomic mass is 35.5. The van der Waals surface area contributed by atoms with Crippen LogP contribution in [0.3, 0.4) is 0 Å². The van der Waals surface area contributed by atoms with E-state index in [-0.39, 0.29) is 6.04 Å². The Morgan fingerprint density at radius 3 is 3.18 bits per heavy atom. The van der Waals surface area contributed by atoms with Crippen LogP contribution in [0.25, 0.3) is 0 Å². The molecule has 2 aliphatic heterocycles. The molecule has 0 saturated heterocycles. The molecule has 0 aromatic rings. The number of hydrogen-bond donors (Lipinski definition) is 1. The molecular weight excluding hydrogens is 184 g/mol. The first-order valence-electron chi connectivity index (χ1n) is 2.92. The Morgan fingerprint density at radius 1 is 1.64 bits per heavy atom. The fourth-order valence-electron chi connectivity index (χ4n) is 0.874. The van der Waals surface area contributed by atoms with Crippen molar-refractivity contribution in [1.29, 1.82) is 0 Å². The first kappa shape index (κ1) is 6.87. The second-order valence-corrected chi connectivity index (χ2v) is 2.82. The third-order valence-corrected chi connectivity index (χ3v) is 1.87. The predicted molar refractivity (Wildman–Crippen MR) is 48.7 cm³/mol. The second kappa shape index (κ2) is 2.35. The minimum atomic E-state index is -0.262. The fraction of sp³-hybridized carbons (Fsp3) is 0.200. The van der Waals surface area contributed by atoms with E-state index in [2.05, 4.69) is 20.3 Å². The van der Waals surface area contributed by atoms with E-state index in [9.17, 15) is 0 Å². The summed E-state index contributed by atoms with van der Waals surface area (Å²) >= 11 is 10.5. The number of hydrogen-bond acceptors (Lipinski definition) is 4. The average Bonchev–Trinajstić information content (AvgIpc) is 2.31. The van der Waals surface area contributed by atoms with Crippen LogP contribution in [-0.2, 0) is 0 Å². The molecular formula is C5H3ClN4S. The molecule has 0 bridgehead atoms. The Balaban J connectivity index is 2.38. The van der Waals surface area contributed by atoms with Crippen LogP contribution >= 0.6 is 23.8 Å². The number of halogens is 1. The summed E-state index contributed by atoms with van der Waals surface area (Å²) < 4.78 is 0. The van der Waals surface area contributed by atoms with Gasteiger partial charge in [-0.05, 0) is 11.6 Å². The van der Waals surface area contributed by atoms with Gasteiger partial charge in [0, 0.05) is 0 Å². The number of thiocarbonyl (C=S) groups is 1. The van der Waals surface area contributed by atoms with E-state index in [1.165, 1.54) is 6.34 Å². The molecule has 1 atom stereocenters. The normalized spacial score (nSPS) is 27.4. The number of amidine groups is 2. The third kappa shape index (κ3) is 1.06. The molecule has 0 spiro atoms. The summed E-state index contributed by atoms with van der Waals surface area (Å²) in [7, 11) is 0. The van der Waals surface area contributed by atoms with Crippen molar-refractivity contribution in [3.8, 4) is 0 Å². The molecule has 0 saturated carbocycles. The minimum Gasteiger partial charge on any atom is -0.317 e. The summed E-state index contributed by atoms with van der Waals surface area (Å²) in [6.07, 6.45) is 1.40. The van der Waals surface area contributed by atoms with Crippen LogP contribution in [0, 0.1) is 0 Å². The molecule has 4 nitrogen and oxygen atoms in total. The summed E-state index contributed by atoms with van der Waals surface area (Å²) in [5, 5.41) is 3.09.